The lowest BCUT2D eigenvalue weighted by atomic mass is 10.0. The summed E-state index contributed by atoms with van der Waals surface area (Å²) in [5.41, 5.74) is 5.76. The fourth-order valence-corrected chi connectivity index (χ4v) is 3.03. The Bertz CT molecular complexity index is 268. The summed E-state index contributed by atoms with van der Waals surface area (Å²) in [6.45, 7) is 4.53. The number of hydrogen-bond donors (Lipinski definition) is 2. The summed E-state index contributed by atoms with van der Waals surface area (Å²) in [7, 11) is 0. The van der Waals surface area contributed by atoms with Gasteiger partial charge >= 0.3 is 0 Å². The lowest BCUT2D eigenvalue weighted by Crippen LogP contribution is -2.43. The molecule has 1 heterocycles. The van der Waals surface area contributed by atoms with Crippen LogP contribution in [0.2, 0.25) is 0 Å². The minimum absolute atomic E-state index is 0.520. The van der Waals surface area contributed by atoms with Gasteiger partial charge in [-0.2, -0.15) is 5.10 Å². The van der Waals surface area contributed by atoms with Gasteiger partial charge < -0.3 is 0 Å². The minimum Gasteiger partial charge on any atom is -0.275 e. The second-order valence-corrected chi connectivity index (χ2v) is 6.76. The Hall–Kier alpha value is -0.770. The molecule has 0 bridgehead atoms. The maximum Gasteiger partial charge on any atom is 0.128 e. The predicted octanol–water partition coefficient (Wildman–Crippen LogP) is 5.12. The third-order valence-electron chi connectivity index (χ3n) is 4.63. The zero-order chi connectivity index (χ0) is 15.9. The van der Waals surface area contributed by atoms with Crippen LogP contribution in [0.1, 0.15) is 104 Å². The van der Waals surface area contributed by atoms with Crippen molar-refractivity contribution in [2.45, 2.75) is 110 Å². The van der Waals surface area contributed by atoms with Crippen molar-refractivity contribution in [1.82, 2.24) is 16.1 Å². The van der Waals surface area contributed by atoms with E-state index in [0.29, 0.717) is 6.04 Å². The van der Waals surface area contributed by atoms with Crippen LogP contribution in [0.25, 0.3) is 0 Å². The van der Waals surface area contributed by atoms with E-state index in [1.165, 1.54) is 89.9 Å². The molecule has 0 spiro atoms. The highest BCUT2D eigenvalue weighted by Crippen LogP contribution is 2.14. The molecule has 0 saturated heterocycles. The van der Waals surface area contributed by atoms with Crippen LogP contribution in [-0.4, -0.2) is 17.4 Å². The fraction of sp³-hybridized carbons (Fsp3) is 0.944. The molecule has 0 fully saturated rings. The quantitative estimate of drug-likeness (QED) is 0.412. The van der Waals surface area contributed by atoms with Gasteiger partial charge in [-0.3, -0.25) is 5.01 Å². The van der Waals surface area contributed by atoms with Gasteiger partial charge in [0.25, 0.3) is 0 Å². The van der Waals surface area contributed by atoms with Gasteiger partial charge in [0.2, 0.25) is 0 Å². The molecule has 1 rings (SSSR count). The summed E-state index contributed by atoms with van der Waals surface area (Å²) in [4.78, 5) is 0. The van der Waals surface area contributed by atoms with Gasteiger partial charge in [0.05, 0.1) is 0 Å². The molecule has 0 saturated carbocycles. The maximum absolute atomic E-state index is 3.94. The molecule has 0 radical (unpaired) electrons. The molecular formula is C18H38N4. The maximum atomic E-state index is 3.94. The number of hydrazone groups is 1. The van der Waals surface area contributed by atoms with Gasteiger partial charge in [-0.05, 0) is 13.3 Å². The summed E-state index contributed by atoms with van der Waals surface area (Å²) in [5, 5.41) is 5.98. The number of nitrogens with one attached hydrogen (secondary N) is 2. The first-order valence-electron chi connectivity index (χ1n) is 9.66. The highest BCUT2D eigenvalue weighted by Gasteiger charge is 2.12. The van der Waals surface area contributed by atoms with Gasteiger partial charge in [-0.1, -0.05) is 90.4 Å². The number of hydrazine groups is 2. The van der Waals surface area contributed by atoms with Crippen LogP contribution in [0.15, 0.2) is 5.10 Å². The van der Waals surface area contributed by atoms with E-state index in [9.17, 15) is 0 Å². The number of rotatable bonds is 15. The third kappa shape index (κ3) is 10.0. The average molecular weight is 311 g/mol. The van der Waals surface area contributed by atoms with Crippen molar-refractivity contribution in [2.24, 2.45) is 5.10 Å². The van der Waals surface area contributed by atoms with Crippen molar-refractivity contribution in [2.75, 3.05) is 0 Å². The van der Waals surface area contributed by atoms with E-state index in [1.807, 2.05) is 11.3 Å². The smallest absolute Gasteiger partial charge is 0.128 e. The lowest BCUT2D eigenvalue weighted by Gasteiger charge is -2.21. The molecule has 0 amide bonds. The predicted molar refractivity (Wildman–Crippen MR) is 96.4 cm³/mol. The zero-order valence-corrected chi connectivity index (χ0v) is 14.9. The van der Waals surface area contributed by atoms with Crippen molar-refractivity contribution in [3.63, 3.8) is 0 Å². The summed E-state index contributed by atoms with van der Waals surface area (Å²) < 4.78 is 0. The molecule has 1 aliphatic heterocycles. The Balaban J connectivity index is 1.73. The molecule has 22 heavy (non-hydrogen) atoms. The SMILES string of the molecule is CCCCCCCCCCCCCCCC(C)N1C=NNN1. The van der Waals surface area contributed by atoms with Crippen LogP contribution in [0.3, 0.4) is 0 Å². The minimum atomic E-state index is 0.520. The van der Waals surface area contributed by atoms with Gasteiger partial charge in [0.1, 0.15) is 6.34 Å². The van der Waals surface area contributed by atoms with Crippen LogP contribution in [0, 0.1) is 0 Å². The molecular weight excluding hydrogens is 272 g/mol. The third-order valence-corrected chi connectivity index (χ3v) is 4.63. The van der Waals surface area contributed by atoms with Crippen molar-refractivity contribution < 1.29 is 0 Å². The van der Waals surface area contributed by atoms with Gasteiger partial charge in [-0.15, -0.1) is 5.53 Å². The summed E-state index contributed by atoms with van der Waals surface area (Å²) in [6, 6.07) is 0.520. The Kier molecular flexibility index (Phi) is 12.1. The summed E-state index contributed by atoms with van der Waals surface area (Å²) in [5.74, 6) is 0. The first-order chi connectivity index (χ1) is 10.8. The van der Waals surface area contributed by atoms with Gasteiger partial charge in [0, 0.05) is 6.04 Å². The Morgan fingerprint density at radius 2 is 1.32 bits per heavy atom. The van der Waals surface area contributed by atoms with E-state index in [-0.39, 0.29) is 0 Å². The van der Waals surface area contributed by atoms with E-state index in [4.69, 9.17) is 0 Å². The van der Waals surface area contributed by atoms with E-state index < -0.39 is 0 Å². The van der Waals surface area contributed by atoms with Crippen LogP contribution in [0.4, 0.5) is 0 Å². The van der Waals surface area contributed by atoms with Gasteiger partial charge in [-0.25, -0.2) is 5.53 Å². The first kappa shape index (κ1) is 19.3. The molecule has 4 nitrogen and oxygen atoms in total. The van der Waals surface area contributed by atoms with Crippen molar-refractivity contribution in [1.29, 1.82) is 0 Å². The number of unbranched alkanes of at least 4 members (excludes halogenated alkanes) is 12. The largest absolute Gasteiger partial charge is 0.275 e. The standard InChI is InChI=1S/C18H38N4/c1-3-4-5-6-7-8-9-10-11-12-13-14-15-16-18(2)22-17-19-20-21-22/h17-18,20-21H,3-16H2,1-2H3. The van der Waals surface area contributed by atoms with Gasteiger partial charge in [0.15, 0.2) is 0 Å². The van der Waals surface area contributed by atoms with E-state index in [2.05, 4.69) is 30.0 Å². The molecule has 0 aromatic heterocycles. The molecule has 1 aliphatic rings. The molecule has 0 aromatic rings. The van der Waals surface area contributed by atoms with E-state index in [0.717, 1.165) is 0 Å². The van der Waals surface area contributed by atoms with Crippen LogP contribution in [0.5, 0.6) is 0 Å². The zero-order valence-electron chi connectivity index (χ0n) is 14.9. The number of hydrogen-bond acceptors (Lipinski definition) is 4. The molecule has 1 atom stereocenters. The average Bonchev–Trinajstić information content (AvgIpc) is 3.06. The Labute approximate surface area is 138 Å². The Morgan fingerprint density at radius 3 is 1.77 bits per heavy atom. The van der Waals surface area contributed by atoms with Crippen molar-refractivity contribution in [3.05, 3.63) is 0 Å². The molecule has 1 unspecified atom stereocenters. The van der Waals surface area contributed by atoms with Crippen LogP contribution < -0.4 is 11.1 Å². The van der Waals surface area contributed by atoms with Crippen LogP contribution >= 0.6 is 0 Å². The van der Waals surface area contributed by atoms with Crippen LogP contribution in [-0.2, 0) is 0 Å². The second-order valence-electron chi connectivity index (χ2n) is 6.76. The summed E-state index contributed by atoms with van der Waals surface area (Å²) in [6.07, 6.45) is 21.5. The second kappa shape index (κ2) is 13.9. The number of nitrogens with zero attached hydrogens (tertiary/aromatic N) is 2. The fourth-order valence-electron chi connectivity index (χ4n) is 3.03. The Morgan fingerprint density at radius 1 is 0.818 bits per heavy atom. The summed E-state index contributed by atoms with van der Waals surface area (Å²) >= 11 is 0. The highest BCUT2D eigenvalue weighted by molar-refractivity contribution is 5.55. The molecule has 4 heteroatoms. The topological polar surface area (TPSA) is 39.7 Å². The van der Waals surface area contributed by atoms with E-state index >= 15 is 0 Å². The highest BCUT2D eigenvalue weighted by atomic mass is 15.8. The monoisotopic (exact) mass is 310 g/mol. The molecule has 130 valence electrons. The van der Waals surface area contributed by atoms with Crippen molar-refractivity contribution >= 4 is 6.34 Å². The molecule has 0 aromatic carbocycles. The molecule has 0 aliphatic carbocycles. The lowest BCUT2D eigenvalue weighted by molar-refractivity contribution is 0.225. The first-order valence-corrected chi connectivity index (χ1v) is 9.66. The van der Waals surface area contributed by atoms with Crippen molar-refractivity contribution in [3.8, 4) is 0 Å². The normalized spacial score (nSPS) is 15.3. The van der Waals surface area contributed by atoms with E-state index in [1.54, 1.807) is 0 Å². The molecule has 2 N–H and O–H groups in total.